The number of hydrogen-bond acceptors (Lipinski definition) is 1. The highest BCUT2D eigenvalue weighted by molar-refractivity contribution is 5.74. The van der Waals surface area contributed by atoms with Crippen LogP contribution in [0.3, 0.4) is 0 Å². The monoisotopic (exact) mass is 186 g/mol. The van der Waals surface area contributed by atoms with Crippen LogP contribution >= 0.6 is 0 Å². The molecule has 0 aliphatic carbocycles. The summed E-state index contributed by atoms with van der Waals surface area (Å²) in [5.74, 6) is -0.184. The van der Waals surface area contributed by atoms with E-state index in [0.29, 0.717) is 0 Å². The van der Waals surface area contributed by atoms with Crippen molar-refractivity contribution in [1.82, 2.24) is 0 Å². The fraction of sp³-hybridized carbons (Fsp3) is 0.909. The Morgan fingerprint density at radius 1 is 1.23 bits per heavy atom. The summed E-state index contributed by atoms with van der Waals surface area (Å²) in [6.07, 6.45) is 1.85. The number of hydrogen-bond donors (Lipinski definition) is 1. The summed E-state index contributed by atoms with van der Waals surface area (Å²) >= 11 is 0. The minimum Gasteiger partial charge on any atom is -0.481 e. The molecule has 0 saturated carbocycles. The van der Waals surface area contributed by atoms with Gasteiger partial charge in [-0.3, -0.25) is 4.79 Å². The summed E-state index contributed by atoms with van der Waals surface area (Å²) in [6, 6.07) is 0. The van der Waals surface area contributed by atoms with E-state index in [2.05, 4.69) is 0 Å². The SMILES string of the molecule is CCC(C)C(C)(C(=O)O)C(C)CC. The quantitative estimate of drug-likeness (QED) is 0.716. The normalized spacial score (nSPS) is 20.4. The third kappa shape index (κ3) is 2.23. The lowest BCUT2D eigenvalue weighted by atomic mass is 9.67. The Kier molecular flexibility index (Phi) is 4.45. The van der Waals surface area contributed by atoms with E-state index in [1.807, 2.05) is 34.6 Å². The van der Waals surface area contributed by atoms with Crippen LogP contribution in [0.1, 0.15) is 47.5 Å². The summed E-state index contributed by atoms with van der Waals surface area (Å²) in [5, 5.41) is 9.24. The van der Waals surface area contributed by atoms with Gasteiger partial charge >= 0.3 is 5.97 Å². The zero-order valence-corrected chi connectivity index (χ0v) is 9.42. The van der Waals surface area contributed by atoms with Gasteiger partial charge in [-0.05, 0) is 18.8 Å². The summed E-state index contributed by atoms with van der Waals surface area (Å²) in [6.45, 7) is 10.0. The van der Waals surface area contributed by atoms with Gasteiger partial charge in [0.15, 0.2) is 0 Å². The zero-order chi connectivity index (χ0) is 10.6. The van der Waals surface area contributed by atoms with Crippen LogP contribution in [0.15, 0.2) is 0 Å². The lowest BCUT2D eigenvalue weighted by Crippen LogP contribution is -2.40. The van der Waals surface area contributed by atoms with Crippen molar-refractivity contribution in [1.29, 1.82) is 0 Å². The van der Waals surface area contributed by atoms with Gasteiger partial charge in [0.2, 0.25) is 0 Å². The summed E-state index contributed by atoms with van der Waals surface area (Å²) in [4.78, 5) is 11.2. The minimum absolute atomic E-state index is 0.236. The number of carbonyl (C=O) groups is 1. The molecule has 2 unspecified atom stereocenters. The van der Waals surface area contributed by atoms with Crippen LogP contribution in [0.5, 0.6) is 0 Å². The Balaban J connectivity index is 4.82. The second-order valence-corrected chi connectivity index (χ2v) is 4.21. The molecule has 78 valence electrons. The van der Waals surface area contributed by atoms with Crippen LogP contribution in [0.25, 0.3) is 0 Å². The van der Waals surface area contributed by atoms with Crippen molar-refractivity contribution in [3.63, 3.8) is 0 Å². The van der Waals surface area contributed by atoms with Crippen LogP contribution in [0.4, 0.5) is 0 Å². The van der Waals surface area contributed by atoms with E-state index >= 15 is 0 Å². The standard InChI is InChI=1S/C11H22O2/c1-6-8(3)11(5,10(12)13)9(4)7-2/h8-9H,6-7H2,1-5H3,(H,12,13). The number of carboxylic acids is 1. The molecule has 0 aromatic heterocycles. The molecular weight excluding hydrogens is 164 g/mol. The summed E-state index contributed by atoms with van der Waals surface area (Å²) in [5.41, 5.74) is -0.566. The van der Waals surface area contributed by atoms with Crippen LogP contribution in [-0.4, -0.2) is 11.1 Å². The average molecular weight is 186 g/mol. The summed E-state index contributed by atoms with van der Waals surface area (Å²) < 4.78 is 0. The summed E-state index contributed by atoms with van der Waals surface area (Å²) in [7, 11) is 0. The van der Waals surface area contributed by atoms with Gasteiger partial charge in [-0.25, -0.2) is 0 Å². The molecule has 1 N–H and O–H groups in total. The van der Waals surface area contributed by atoms with Crippen LogP contribution in [0, 0.1) is 17.3 Å². The largest absolute Gasteiger partial charge is 0.481 e. The van der Waals surface area contributed by atoms with Crippen molar-refractivity contribution in [3.05, 3.63) is 0 Å². The second-order valence-electron chi connectivity index (χ2n) is 4.21. The predicted octanol–water partition coefficient (Wildman–Crippen LogP) is 3.17. The molecule has 0 aliphatic heterocycles. The highest BCUT2D eigenvalue weighted by atomic mass is 16.4. The van der Waals surface area contributed by atoms with E-state index in [4.69, 9.17) is 0 Å². The molecule has 0 rings (SSSR count). The third-order valence-corrected chi connectivity index (χ3v) is 3.73. The van der Waals surface area contributed by atoms with Gasteiger partial charge in [-0.2, -0.15) is 0 Å². The Morgan fingerprint density at radius 2 is 1.54 bits per heavy atom. The Morgan fingerprint density at radius 3 is 1.69 bits per heavy atom. The fourth-order valence-electron chi connectivity index (χ4n) is 1.76. The predicted molar refractivity (Wildman–Crippen MR) is 54.7 cm³/mol. The van der Waals surface area contributed by atoms with E-state index in [-0.39, 0.29) is 11.8 Å². The molecule has 2 atom stereocenters. The fourth-order valence-corrected chi connectivity index (χ4v) is 1.76. The van der Waals surface area contributed by atoms with Gasteiger partial charge in [-0.1, -0.05) is 40.5 Å². The van der Waals surface area contributed by atoms with Gasteiger partial charge in [0.25, 0.3) is 0 Å². The number of carboxylic acid groups (broad SMARTS) is 1. The van der Waals surface area contributed by atoms with Crippen molar-refractivity contribution in [2.45, 2.75) is 47.5 Å². The van der Waals surface area contributed by atoms with Gasteiger partial charge in [0, 0.05) is 0 Å². The topological polar surface area (TPSA) is 37.3 Å². The van der Waals surface area contributed by atoms with Crippen LogP contribution < -0.4 is 0 Å². The maximum atomic E-state index is 11.2. The van der Waals surface area contributed by atoms with Crippen LogP contribution in [-0.2, 0) is 4.79 Å². The molecule has 13 heavy (non-hydrogen) atoms. The Labute approximate surface area is 81.3 Å². The second kappa shape index (κ2) is 4.64. The highest BCUT2D eigenvalue weighted by Gasteiger charge is 2.41. The van der Waals surface area contributed by atoms with Crippen LogP contribution in [0.2, 0.25) is 0 Å². The lowest BCUT2D eigenvalue weighted by Gasteiger charge is -2.36. The van der Waals surface area contributed by atoms with Gasteiger partial charge in [-0.15, -0.1) is 0 Å². The molecule has 0 fully saturated rings. The van der Waals surface area contributed by atoms with E-state index in [1.165, 1.54) is 0 Å². The minimum atomic E-state index is -0.656. The molecular formula is C11H22O2. The first-order valence-electron chi connectivity index (χ1n) is 5.14. The first-order valence-corrected chi connectivity index (χ1v) is 5.14. The third-order valence-electron chi connectivity index (χ3n) is 3.73. The van der Waals surface area contributed by atoms with E-state index in [0.717, 1.165) is 12.8 Å². The molecule has 0 aromatic carbocycles. The van der Waals surface area contributed by atoms with Crippen molar-refractivity contribution in [3.8, 4) is 0 Å². The molecule has 0 heterocycles. The first-order chi connectivity index (χ1) is 5.91. The van der Waals surface area contributed by atoms with Gasteiger partial charge < -0.3 is 5.11 Å². The molecule has 2 nitrogen and oxygen atoms in total. The molecule has 0 radical (unpaired) electrons. The molecule has 0 spiro atoms. The number of rotatable bonds is 5. The Hall–Kier alpha value is -0.530. The molecule has 0 saturated heterocycles. The smallest absolute Gasteiger partial charge is 0.309 e. The highest BCUT2D eigenvalue weighted by Crippen LogP contribution is 2.39. The lowest BCUT2D eigenvalue weighted by molar-refractivity contribution is -0.155. The van der Waals surface area contributed by atoms with Crippen molar-refractivity contribution in [2.75, 3.05) is 0 Å². The van der Waals surface area contributed by atoms with Gasteiger partial charge in [0.05, 0.1) is 5.41 Å². The van der Waals surface area contributed by atoms with Crippen molar-refractivity contribution in [2.24, 2.45) is 17.3 Å². The maximum absolute atomic E-state index is 11.2. The first kappa shape index (κ1) is 12.5. The molecule has 0 bridgehead atoms. The molecule has 0 aromatic rings. The van der Waals surface area contributed by atoms with E-state index in [9.17, 15) is 9.90 Å². The molecule has 2 heteroatoms. The van der Waals surface area contributed by atoms with Gasteiger partial charge in [0.1, 0.15) is 0 Å². The van der Waals surface area contributed by atoms with E-state index in [1.54, 1.807) is 0 Å². The maximum Gasteiger partial charge on any atom is 0.309 e. The number of aliphatic carboxylic acids is 1. The average Bonchev–Trinajstić information content (AvgIpc) is 2.13. The van der Waals surface area contributed by atoms with E-state index < -0.39 is 11.4 Å². The molecule has 0 amide bonds. The van der Waals surface area contributed by atoms with Crippen molar-refractivity contribution >= 4 is 5.97 Å². The zero-order valence-electron chi connectivity index (χ0n) is 9.42. The molecule has 0 aliphatic rings. The van der Waals surface area contributed by atoms with Crippen molar-refractivity contribution < 1.29 is 9.90 Å². The Bertz CT molecular complexity index is 165.